The molecule has 1 aliphatic rings. The highest BCUT2D eigenvalue weighted by atomic mass is 16.5. The monoisotopic (exact) mass is 267 g/mol. The van der Waals surface area contributed by atoms with Gasteiger partial charge in [-0.3, -0.25) is 9.48 Å². The Balaban J connectivity index is 1.73. The summed E-state index contributed by atoms with van der Waals surface area (Å²) in [7, 11) is 1.74. The van der Waals surface area contributed by atoms with Crippen LogP contribution in [0.3, 0.4) is 0 Å². The van der Waals surface area contributed by atoms with Gasteiger partial charge in [0.15, 0.2) is 5.69 Å². The number of carbonyl (C=O) groups is 1. The van der Waals surface area contributed by atoms with Crippen molar-refractivity contribution in [3.05, 3.63) is 11.9 Å². The number of rotatable bonds is 8. The lowest BCUT2D eigenvalue weighted by atomic mass is 10.4. The molecule has 7 heteroatoms. The second-order valence-corrected chi connectivity index (χ2v) is 4.90. The van der Waals surface area contributed by atoms with Gasteiger partial charge >= 0.3 is 0 Å². The minimum Gasteiger partial charge on any atom is -0.379 e. The van der Waals surface area contributed by atoms with Crippen LogP contribution in [0.25, 0.3) is 0 Å². The molecule has 0 spiro atoms. The zero-order chi connectivity index (χ0) is 13.7. The van der Waals surface area contributed by atoms with Gasteiger partial charge in [0.25, 0.3) is 5.91 Å². The first kappa shape index (κ1) is 14.0. The molecule has 0 aromatic carbocycles. The van der Waals surface area contributed by atoms with E-state index in [2.05, 4.69) is 10.3 Å². The molecule has 1 aromatic heterocycles. The number of nitrogens with two attached hydrogens (primary N) is 1. The molecule has 2 rings (SSSR count). The summed E-state index contributed by atoms with van der Waals surface area (Å²) >= 11 is 0. The molecular formula is C12H21N5O2. The van der Waals surface area contributed by atoms with Crippen molar-refractivity contribution in [3.8, 4) is 0 Å². The van der Waals surface area contributed by atoms with Crippen molar-refractivity contribution in [2.45, 2.75) is 19.4 Å². The summed E-state index contributed by atoms with van der Waals surface area (Å²) in [6.45, 7) is 2.98. The van der Waals surface area contributed by atoms with Crippen molar-refractivity contribution in [3.63, 3.8) is 0 Å². The highest BCUT2D eigenvalue weighted by molar-refractivity contribution is 5.91. The molecule has 106 valence electrons. The molecule has 0 aliphatic heterocycles. The number of aromatic nitrogens is 3. The first-order chi connectivity index (χ1) is 9.20. The van der Waals surface area contributed by atoms with Gasteiger partial charge in [-0.15, -0.1) is 5.10 Å². The highest BCUT2D eigenvalue weighted by Crippen LogP contribution is 2.28. The van der Waals surface area contributed by atoms with Crippen molar-refractivity contribution < 1.29 is 9.53 Å². The Kier molecular flexibility index (Phi) is 4.86. The normalized spacial score (nSPS) is 14.6. The number of carbonyl (C=O) groups excluding carboxylic acids is 1. The molecule has 0 bridgehead atoms. The van der Waals surface area contributed by atoms with Crippen LogP contribution >= 0.6 is 0 Å². The van der Waals surface area contributed by atoms with Gasteiger partial charge < -0.3 is 15.4 Å². The van der Waals surface area contributed by atoms with Crippen molar-refractivity contribution in [2.75, 3.05) is 33.4 Å². The Morgan fingerprint density at radius 3 is 3.11 bits per heavy atom. The number of hydrogen-bond donors (Lipinski definition) is 1. The van der Waals surface area contributed by atoms with E-state index in [9.17, 15) is 4.79 Å². The van der Waals surface area contributed by atoms with Crippen LogP contribution in [-0.2, 0) is 11.3 Å². The van der Waals surface area contributed by atoms with Crippen LogP contribution in [0.2, 0.25) is 0 Å². The highest BCUT2D eigenvalue weighted by Gasteiger charge is 2.21. The van der Waals surface area contributed by atoms with Crippen LogP contribution in [0.5, 0.6) is 0 Å². The van der Waals surface area contributed by atoms with Gasteiger partial charge in [-0.2, -0.15) is 0 Å². The van der Waals surface area contributed by atoms with E-state index in [-0.39, 0.29) is 5.91 Å². The fourth-order valence-corrected chi connectivity index (χ4v) is 1.67. The van der Waals surface area contributed by atoms with Crippen LogP contribution in [0.4, 0.5) is 0 Å². The molecule has 1 fully saturated rings. The maximum atomic E-state index is 12.0. The number of likely N-dealkylation sites (N-methyl/N-ethyl adjacent to an activating group) is 1. The average Bonchev–Trinajstić information content (AvgIpc) is 3.12. The molecule has 0 unspecified atom stereocenters. The summed E-state index contributed by atoms with van der Waals surface area (Å²) in [5, 5.41) is 7.69. The zero-order valence-electron chi connectivity index (χ0n) is 11.3. The number of ether oxygens (including phenoxy) is 1. The minimum atomic E-state index is -0.140. The third kappa shape index (κ3) is 4.29. The van der Waals surface area contributed by atoms with Crippen LogP contribution in [0.15, 0.2) is 6.20 Å². The smallest absolute Gasteiger partial charge is 0.275 e. The summed E-state index contributed by atoms with van der Waals surface area (Å²) in [6, 6.07) is 0. The summed E-state index contributed by atoms with van der Waals surface area (Å²) in [6.07, 6.45) is 4.18. The maximum absolute atomic E-state index is 12.0. The van der Waals surface area contributed by atoms with Crippen LogP contribution < -0.4 is 5.73 Å². The van der Waals surface area contributed by atoms with Crippen molar-refractivity contribution >= 4 is 5.91 Å². The van der Waals surface area contributed by atoms with Gasteiger partial charge in [-0.25, -0.2) is 0 Å². The Morgan fingerprint density at radius 2 is 2.42 bits per heavy atom. The lowest BCUT2D eigenvalue weighted by Gasteiger charge is -2.15. The van der Waals surface area contributed by atoms with E-state index in [1.54, 1.807) is 22.8 Å². The Hall–Kier alpha value is -1.47. The van der Waals surface area contributed by atoms with Gasteiger partial charge in [0.05, 0.1) is 19.3 Å². The van der Waals surface area contributed by atoms with E-state index in [0.29, 0.717) is 31.9 Å². The predicted molar refractivity (Wildman–Crippen MR) is 69.6 cm³/mol. The molecule has 1 aromatic rings. The number of amides is 1. The molecule has 1 amide bonds. The van der Waals surface area contributed by atoms with E-state index < -0.39 is 0 Å². The summed E-state index contributed by atoms with van der Waals surface area (Å²) in [5.41, 5.74) is 5.76. The van der Waals surface area contributed by atoms with E-state index in [0.717, 1.165) is 12.5 Å². The number of hydrogen-bond acceptors (Lipinski definition) is 5. The Morgan fingerprint density at radius 1 is 1.63 bits per heavy atom. The van der Waals surface area contributed by atoms with Crippen molar-refractivity contribution in [1.82, 2.24) is 19.9 Å². The van der Waals surface area contributed by atoms with Gasteiger partial charge in [0.1, 0.15) is 0 Å². The van der Waals surface area contributed by atoms with Crippen LogP contribution in [0.1, 0.15) is 23.3 Å². The fraction of sp³-hybridized carbons (Fsp3) is 0.750. The Bertz CT molecular complexity index is 416. The van der Waals surface area contributed by atoms with Gasteiger partial charge in [0.2, 0.25) is 0 Å². The second kappa shape index (κ2) is 6.63. The maximum Gasteiger partial charge on any atom is 0.275 e. The first-order valence-electron chi connectivity index (χ1n) is 6.64. The van der Waals surface area contributed by atoms with E-state index in [4.69, 9.17) is 10.5 Å². The molecule has 2 N–H and O–H groups in total. The quantitative estimate of drug-likeness (QED) is 0.656. The molecule has 0 radical (unpaired) electrons. The second-order valence-electron chi connectivity index (χ2n) is 4.90. The largest absolute Gasteiger partial charge is 0.379 e. The fourth-order valence-electron chi connectivity index (χ4n) is 1.67. The minimum absolute atomic E-state index is 0.140. The molecule has 0 atom stereocenters. The topological polar surface area (TPSA) is 86.3 Å². The van der Waals surface area contributed by atoms with Crippen LogP contribution in [-0.4, -0.2) is 59.2 Å². The molecule has 0 saturated heterocycles. The molecule has 1 saturated carbocycles. The first-order valence-corrected chi connectivity index (χ1v) is 6.64. The average molecular weight is 267 g/mol. The summed E-state index contributed by atoms with van der Waals surface area (Å²) in [4.78, 5) is 13.6. The Labute approximate surface area is 112 Å². The van der Waals surface area contributed by atoms with Gasteiger partial charge in [0, 0.05) is 26.7 Å². The molecular weight excluding hydrogens is 246 g/mol. The lowest BCUT2D eigenvalue weighted by molar-refractivity contribution is 0.0676. The third-order valence-corrected chi connectivity index (χ3v) is 3.08. The lowest BCUT2D eigenvalue weighted by Crippen LogP contribution is -2.30. The molecule has 19 heavy (non-hydrogen) atoms. The summed E-state index contributed by atoms with van der Waals surface area (Å²) in [5.74, 6) is 0.607. The molecule has 7 nitrogen and oxygen atoms in total. The van der Waals surface area contributed by atoms with Gasteiger partial charge in [-0.1, -0.05) is 5.21 Å². The van der Waals surface area contributed by atoms with Crippen molar-refractivity contribution in [2.24, 2.45) is 11.7 Å². The zero-order valence-corrected chi connectivity index (χ0v) is 11.3. The third-order valence-electron chi connectivity index (χ3n) is 3.08. The van der Waals surface area contributed by atoms with Crippen molar-refractivity contribution in [1.29, 1.82) is 0 Å². The molecule has 1 aliphatic carbocycles. The van der Waals surface area contributed by atoms with Crippen LogP contribution in [0, 0.1) is 5.92 Å². The standard InChI is InChI=1S/C12H21N5O2/c1-16(6-7-19-9-10-2-3-10)12(18)11-8-17(5-4-13)15-14-11/h8,10H,2-7,9,13H2,1H3. The number of nitrogens with zero attached hydrogens (tertiary/aromatic N) is 4. The van der Waals surface area contributed by atoms with E-state index >= 15 is 0 Å². The van der Waals surface area contributed by atoms with Gasteiger partial charge in [-0.05, 0) is 18.8 Å². The van der Waals surface area contributed by atoms with E-state index in [1.165, 1.54) is 12.8 Å². The summed E-state index contributed by atoms with van der Waals surface area (Å²) < 4.78 is 7.08. The SMILES string of the molecule is CN(CCOCC1CC1)C(=O)c1cn(CCN)nn1. The van der Waals surface area contributed by atoms with E-state index in [1.807, 2.05) is 0 Å². The molecule has 1 heterocycles. The predicted octanol–water partition coefficient (Wildman–Crippen LogP) is -0.265.